The van der Waals surface area contributed by atoms with Crippen LogP contribution in [0.3, 0.4) is 0 Å². The minimum Gasteiger partial charge on any atom is -0.512 e. The van der Waals surface area contributed by atoms with Crippen LogP contribution in [0.5, 0.6) is 5.75 Å². The van der Waals surface area contributed by atoms with Crippen LogP contribution >= 0.6 is 27.3 Å². The zero-order valence-corrected chi connectivity index (χ0v) is 85.0. The topological polar surface area (TPSA) is 608 Å². The number of aromatic amines is 2. The molecule has 1 aliphatic carbocycles. The second-order valence-electron chi connectivity index (χ2n) is 37.4. The highest BCUT2D eigenvalue weighted by Gasteiger charge is 2.60. The number of ether oxygens (including phenoxy) is 7. The number of nitrogens with zero attached hydrogens (tertiary/aromatic N) is 11. The lowest BCUT2D eigenvalue weighted by Gasteiger charge is -2.41. The predicted octanol–water partition coefficient (Wildman–Crippen LogP) is 8.92. The van der Waals surface area contributed by atoms with Gasteiger partial charge in [-0.05, 0) is 161 Å². The highest BCUT2D eigenvalue weighted by atomic mass is 32.2. The van der Waals surface area contributed by atoms with Gasteiger partial charge in [-0.2, -0.15) is 20.0 Å². The van der Waals surface area contributed by atoms with Crippen molar-refractivity contribution in [2.75, 3.05) is 50.3 Å². The number of aryl methyl sites for hydroxylation is 5. The van der Waals surface area contributed by atoms with Gasteiger partial charge in [-0.3, -0.25) is 71.0 Å². The normalized spacial score (nSPS) is 24.4. The minimum absolute atomic E-state index is 0.0231. The summed E-state index contributed by atoms with van der Waals surface area (Å²) in [7, 11) is -8.34. The van der Waals surface area contributed by atoms with Crippen LogP contribution in [0.25, 0.3) is 16.9 Å². The molecule has 0 spiro atoms. The first-order valence-corrected chi connectivity index (χ1v) is 50.9. The molecule has 780 valence electrons. The number of hydrogen-bond acceptors (Lipinski definition) is 37. The molecule has 9 aromatic rings. The smallest absolute Gasteiger partial charge is 0.459 e. The third kappa shape index (κ3) is 27.9. The van der Waals surface area contributed by atoms with Gasteiger partial charge in [0.1, 0.15) is 71.7 Å². The van der Waals surface area contributed by atoms with E-state index < -0.39 is 182 Å². The van der Waals surface area contributed by atoms with Crippen molar-refractivity contribution in [2.45, 2.75) is 272 Å². The van der Waals surface area contributed by atoms with Crippen LogP contribution in [0, 0.1) is 37.0 Å². The maximum absolute atomic E-state index is 15.7. The molecule has 0 radical (unpaired) electrons. The molecule has 5 aliphatic rings. The number of nitrogen functional groups attached to an aromatic ring is 2. The molecule has 13 N–H and O–H groups in total. The number of imidazole rings is 1. The number of aliphatic hydroxyl groups is 5. The summed E-state index contributed by atoms with van der Waals surface area (Å²) in [4.78, 5) is 139. The van der Waals surface area contributed by atoms with Crippen LogP contribution in [0.15, 0.2) is 140 Å². The lowest BCUT2D eigenvalue weighted by atomic mass is 9.76. The summed E-state index contributed by atoms with van der Waals surface area (Å²) < 4.78 is 124. The van der Waals surface area contributed by atoms with Crippen LogP contribution in [0.2, 0.25) is 0 Å². The Hall–Kier alpha value is -11.3. The number of halogens is 2. The molecule has 7 aromatic heterocycles. The molecule has 3 saturated heterocycles. The Morgan fingerprint density at radius 1 is 0.713 bits per heavy atom. The fraction of sp³-hybridized carbons (Fsp3) is 0.553. The highest BCUT2D eigenvalue weighted by molar-refractivity contribution is 8.13. The van der Waals surface area contributed by atoms with Crippen molar-refractivity contribution in [1.29, 1.82) is 0 Å². The molecule has 4 aliphatic heterocycles. The molecule has 4 fully saturated rings. The van der Waals surface area contributed by atoms with Gasteiger partial charge in [0.25, 0.3) is 16.9 Å². The number of pyridine rings is 1. The number of rotatable bonds is 37. The van der Waals surface area contributed by atoms with Crippen molar-refractivity contribution in [2.24, 2.45) is 23.2 Å². The van der Waals surface area contributed by atoms with Gasteiger partial charge in [0, 0.05) is 66.4 Å². The number of carbonyl (C=O) groups excluding carboxylic acids is 5. The summed E-state index contributed by atoms with van der Waals surface area (Å²) in [6.07, 6.45) is -1.60. The second-order valence-corrected chi connectivity index (χ2v) is 42.0. The van der Waals surface area contributed by atoms with E-state index >= 15 is 8.78 Å². The Bertz CT molecular complexity index is 6330. The summed E-state index contributed by atoms with van der Waals surface area (Å²) in [5.41, 5.74) is 6.03. The van der Waals surface area contributed by atoms with Gasteiger partial charge in [-0.15, -0.1) is 5.10 Å². The molecular weight excluding hydrogens is 1930 g/mol. The second kappa shape index (κ2) is 47.7. The van der Waals surface area contributed by atoms with E-state index in [9.17, 15) is 77.8 Å². The molecule has 2 unspecified atom stereocenters. The fourth-order valence-electron chi connectivity index (χ4n) is 16.3. The Kier molecular flexibility index (Phi) is 37.4. The number of para-hydroxylation sites is 1. The largest absolute Gasteiger partial charge is 0.512 e. The van der Waals surface area contributed by atoms with Crippen LogP contribution in [-0.4, -0.2) is 228 Å². The van der Waals surface area contributed by atoms with Gasteiger partial charge in [-0.1, -0.05) is 115 Å². The number of benzene rings is 2. The van der Waals surface area contributed by atoms with Crippen molar-refractivity contribution in [3.63, 3.8) is 0 Å². The Morgan fingerprint density at radius 2 is 1.33 bits per heavy atom. The Balaban J connectivity index is 0.000000184. The quantitative estimate of drug-likeness (QED) is 0.00748. The summed E-state index contributed by atoms with van der Waals surface area (Å²) in [5.74, 6) is -1.80. The number of cyclic esters (lactones) is 1. The third-order valence-electron chi connectivity index (χ3n) is 24.3. The van der Waals surface area contributed by atoms with Gasteiger partial charge in [0.15, 0.2) is 58.2 Å². The van der Waals surface area contributed by atoms with Crippen molar-refractivity contribution in [3.8, 4) is 5.75 Å². The lowest BCUT2D eigenvalue weighted by molar-refractivity contribution is -0.168. The summed E-state index contributed by atoms with van der Waals surface area (Å²) >= 11 is 0.934. The Labute approximate surface area is 826 Å². The first-order valence-electron chi connectivity index (χ1n) is 46.8. The summed E-state index contributed by atoms with van der Waals surface area (Å²) in [6, 6.07) is 24.5. The van der Waals surface area contributed by atoms with E-state index in [1.165, 1.54) is 54.7 Å². The maximum Gasteiger partial charge on any atom is 0.459 e. The predicted molar refractivity (Wildman–Crippen MR) is 517 cm³/mol. The average molecular weight is 2060 g/mol. The first-order chi connectivity index (χ1) is 67.3. The number of nitrogens with one attached hydrogen (secondary N) is 4. The van der Waals surface area contributed by atoms with Gasteiger partial charge in [0.2, 0.25) is 5.95 Å². The highest BCUT2D eigenvalue weighted by Crippen LogP contribution is 2.52. The van der Waals surface area contributed by atoms with E-state index in [-0.39, 0.29) is 89.6 Å². The number of aromatic nitrogens is 13. The molecule has 2 aromatic carbocycles. The molecule has 0 bridgehead atoms. The maximum atomic E-state index is 15.7. The van der Waals surface area contributed by atoms with Gasteiger partial charge in [-0.25, -0.2) is 51.9 Å². The van der Waals surface area contributed by atoms with Crippen molar-refractivity contribution in [3.05, 3.63) is 202 Å². The van der Waals surface area contributed by atoms with E-state index in [2.05, 4.69) is 71.2 Å². The number of nitrogens with two attached hydrogens (primary N) is 2. The summed E-state index contributed by atoms with van der Waals surface area (Å²) in [6.45, 7) is 24.3. The lowest BCUT2D eigenvalue weighted by Crippen LogP contribution is -2.46. The molecule has 1 saturated carbocycles. The van der Waals surface area contributed by atoms with Crippen LogP contribution in [0.1, 0.15) is 194 Å². The van der Waals surface area contributed by atoms with Crippen LogP contribution in [-0.2, 0) is 112 Å². The average Bonchev–Trinajstić information content (AvgIpc) is 1.57. The number of thioether (sulfide) groups is 1. The van der Waals surface area contributed by atoms with Crippen molar-refractivity contribution >= 4 is 85.0 Å². The molecule has 44 nitrogen and oxygen atoms in total. The van der Waals surface area contributed by atoms with Gasteiger partial charge in [0.05, 0.1) is 61.7 Å². The fourth-order valence-corrected chi connectivity index (χ4v) is 20.1. The SMILES string of the molecule is CC(C)(CO)C(=O)SCCOP(=O)(NCc1ccccc1)OC[C@H]1O[C@@H](n2cnc3c(=O)[nH]c(N)nc32)[C@](C)(O)[C@@H]1O.CC(C)C(=O)OC[C@H]1O[C@@H](n2ccc(N)nc2=O)[C@@](C)(F)C1OC(=O)C(C)C.CC(C)OC(=O)[C@H](C)N[P@](=O)(OC[C@H]1O[C@@H](n2ccc(=O)[nH]c2=O)[C@](C)(F)[C@@H]1O)Oc1ccccc1.CCc1cc(CC[C@]2(C3CCCC3)CC(O)=C(Cc3nc4nc(C)cc(C)n4n3)C(=O)O2)cc(CC)n1. The molecule has 49 heteroatoms. The number of alkyl halides is 2. The number of carbonyl (C=O) groups is 5. The van der Waals surface area contributed by atoms with Gasteiger partial charge < -0.3 is 74.7 Å². The molecule has 16 atom stereocenters. The van der Waals surface area contributed by atoms with E-state index in [0.717, 1.165) is 120 Å². The zero-order chi connectivity index (χ0) is 105. The van der Waals surface area contributed by atoms with Crippen molar-refractivity contribution in [1.82, 2.24) is 73.4 Å². The van der Waals surface area contributed by atoms with Crippen LogP contribution in [0.4, 0.5) is 20.5 Å². The summed E-state index contributed by atoms with van der Waals surface area (Å²) in [5, 5.41) is 62.8. The third-order valence-corrected chi connectivity index (χ3v) is 28.7. The monoisotopic (exact) mass is 2060 g/mol. The van der Waals surface area contributed by atoms with E-state index in [0.29, 0.717) is 24.4 Å². The van der Waals surface area contributed by atoms with Crippen LogP contribution < -0.4 is 48.7 Å². The first kappa shape index (κ1) is 112. The number of H-pyrrole nitrogens is 2. The number of hydrogen-bond donors (Lipinski definition) is 11. The van der Waals surface area contributed by atoms with E-state index in [1.54, 1.807) is 78.1 Å². The molecular formula is C94H127F2N17O27P2S. The Morgan fingerprint density at radius 3 is 1.94 bits per heavy atom. The van der Waals surface area contributed by atoms with E-state index in [4.69, 9.17) is 67.7 Å². The zero-order valence-electron chi connectivity index (χ0n) is 82.3. The van der Waals surface area contributed by atoms with E-state index in [1.807, 2.05) is 55.2 Å². The molecule has 0 amide bonds. The standard InChI is InChI=1S/C29H37N5O3.C25H35N6O9PS.C22H29FN3O9P.C18H26FN3O6/c1-5-22-14-20(15-23(6-2)31-22)11-12-29(21-9-7-8-10-21)17-25(35)24(27(36)37-29)16-26-32-28-30-18(3)13-19(4)34(28)33-26;1-24(2,13-32)22(35)42-10-9-38-41(37,28-11-15-7-5-4-6-8-15)39-12-16-18(33)25(3,36)21(40-16)31-14-27-17-19(31)29-23(26)30-20(17)34;1-13(2)33-19(29)14(3)25-36(31,35-15-8-6-5-7-9-15)32-12-16-18(28)22(4,23)20(34-16)26-11-10-17(27)24-21(26)30;1-9(2)14(23)26-8-11-13(28-15(24)10(3)4)18(5,19)16(27-11)22-7-6-12(20)21-17(22)25/h13-15,21,35H,5-12,16-17H2,1-4H3;4-8,14,16,18,21,32-33,36H,9-13H2,1-3H3,(H,28,37)(H3,26,29,30,34);5-11,13-14,16,18,20,28H,12H2,1-4H3,(H,25,31)(H,24,27,30);6-7,9-11,13,16H,8H2,1-5H3,(H2,20,21,25)/t29-;16-,18-,21-,25-,41?;14-,16+,18+,20+,22+,36-;11-,13?,16-,18+/m1101/s1. The van der Waals surface area contributed by atoms with Crippen molar-refractivity contribution < 1.29 is 119 Å². The molecule has 11 heterocycles. The number of aliphatic hydroxyl groups excluding tert-OH is 4. The molecule has 143 heavy (non-hydrogen) atoms. The number of anilines is 2. The number of fused-ring (bicyclic) bond motifs is 2. The molecule has 14 rings (SSSR count). The minimum atomic E-state index is -4.30. The number of esters is 4. The van der Waals surface area contributed by atoms with Gasteiger partial charge >= 0.3 is 50.7 Å².